The molecule has 0 heterocycles. The minimum absolute atomic E-state index is 0.413. The molecule has 0 radical (unpaired) electrons. The summed E-state index contributed by atoms with van der Waals surface area (Å²) in [5.74, 6) is -11.8. The molecule has 1 unspecified atom stereocenters. The molecule has 0 aromatic heterocycles. The van der Waals surface area contributed by atoms with Crippen molar-refractivity contribution in [1.29, 1.82) is 0 Å². The smallest absolute Gasteiger partial charge is 0.206 e. The lowest BCUT2D eigenvalue weighted by Gasteiger charge is -2.17. The van der Waals surface area contributed by atoms with E-state index in [4.69, 9.17) is 5.11 Å². The lowest BCUT2D eigenvalue weighted by molar-refractivity contribution is 0.173. The molecule has 0 saturated carbocycles. The highest BCUT2D eigenvalue weighted by Crippen LogP contribution is 2.29. The number of hydrogen-bond acceptors (Lipinski definition) is 3. The quantitative estimate of drug-likeness (QED) is 0.475. The lowest BCUT2D eigenvalue weighted by Crippen LogP contribution is -2.37. The third-order valence-electron chi connectivity index (χ3n) is 2.31. The van der Waals surface area contributed by atoms with Crippen LogP contribution in [0.3, 0.4) is 0 Å². The monoisotopic (exact) mass is 285 g/mol. The van der Waals surface area contributed by atoms with Gasteiger partial charge in [0.1, 0.15) is 6.61 Å². The molecule has 0 saturated heterocycles. The first-order chi connectivity index (χ1) is 8.93. The van der Waals surface area contributed by atoms with Gasteiger partial charge in [0.25, 0.3) is 0 Å². The maximum atomic E-state index is 13.2. The molecule has 1 atom stereocenters. The van der Waals surface area contributed by atoms with Gasteiger partial charge in [-0.2, -0.15) is 8.78 Å². The summed E-state index contributed by atoms with van der Waals surface area (Å²) < 4.78 is 69.4. The number of ether oxygens (including phenoxy) is 1. The minimum atomic E-state index is -2.24. The number of benzene rings is 1. The van der Waals surface area contributed by atoms with E-state index in [2.05, 4.69) is 10.1 Å². The van der Waals surface area contributed by atoms with E-state index < -0.39 is 54.1 Å². The Hall–Kier alpha value is -1.41. The van der Waals surface area contributed by atoms with Crippen LogP contribution in [0, 0.1) is 29.1 Å². The van der Waals surface area contributed by atoms with Gasteiger partial charge in [-0.15, -0.1) is 0 Å². The first-order valence-corrected chi connectivity index (χ1v) is 5.42. The second kappa shape index (κ2) is 6.67. The van der Waals surface area contributed by atoms with Crippen molar-refractivity contribution in [2.45, 2.75) is 13.0 Å². The molecule has 0 bridgehead atoms. The van der Waals surface area contributed by atoms with Crippen LogP contribution in [0.4, 0.5) is 22.0 Å². The Bertz CT molecular complexity index is 426. The van der Waals surface area contributed by atoms with Crippen LogP contribution in [-0.4, -0.2) is 30.9 Å². The molecule has 1 aromatic carbocycles. The van der Waals surface area contributed by atoms with Crippen LogP contribution in [0.2, 0.25) is 0 Å². The van der Waals surface area contributed by atoms with Gasteiger partial charge in [0, 0.05) is 0 Å². The van der Waals surface area contributed by atoms with Gasteiger partial charge in [-0.3, -0.25) is 0 Å². The SMILES string of the molecule is CCNC(CO)COc1c(F)c(F)c(F)c(F)c1F. The molecule has 0 amide bonds. The van der Waals surface area contributed by atoms with E-state index >= 15 is 0 Å². The van der Waals surface area contributed by atoms with Crippen molar-refractivity contribution in [2.75, 3.05) is 19.8 Å². The number of likely N-dealkylation sites (N-methyl/N-ethyl adjacent to an activating group) is 1. The lowest BCUT2D eigenvalue weighted by atomic mass is 10.2. The van der Waals surface area contributed by atoms with Crippen LogP contribution in [0.1, 0.15) is 6.92 Å². The van der Waals surface area contributed by atoms with E-state index in [1.807, 2.05) is 0 Å². The zero-order valence-electron chi connectivity index (χ0n) is 9.94. The summed E-state index contributed by atoms with van der Waals surface area (Å²) in [6.07, 6.45) is 0. The van der Waals surface area contributed by atoms with Crippen molar-refractivity contribution in [3.63, 3.8) is 0 Å². The van der Waals surface area contributed by atoms with Gasteiger partial charge >= 0.3 is 0 Å². The molecule has 1 aromatic rings. The summed E-state index contributed by atoms with van der Waals surface area (Å²) >= 11 is 0. The van der Waals surface area contributed by atoms with E-state index in [1.165, 1.54) is 0 Å². The van der Waals surface area contributed by atoms with Crippen molar-refractivity contribution >= 4 is 0 Å². The van der Waals surface area contributed by atoms with Crippen molar-refractivity contribution in [1.82, 2.24) is 5.32 Å². The molecule has 3 nitrogen and oxygen atoms in total. The molecule has 0 fully saturated rings. The van der Waals surface area contributed by atoms with Gasteiger partial charge in [-0.25, -0.2) is 13.2 Å². The highest BCUT2D eigenvalue weighted by atomic mass is 19.2. The third kappa shape index (κ3) is 3.32. The Labute approximate surface area is 106 Å². The molecular weight excluding hydrogens is 273 g/mol. The topological polar surface area (TPSA) is 41.5 Å². The Morgan fingerprint density at radius 2 is 1.47 bits per heavy atom. The maximum Gasteiger partial charge on any atom is 0.206 e. The molecule has 0 aliphatic rings. The summed E-state index contributed by atoms with van der Waals surface area (Å²) in [6.45, 7) is 1.29. The average molecular weight is 285 g/mol. The van der Waals surface area contributed by atoms with Crippen LogP contribution < -0.4 is 10.1 Å². The van der Waals surface area contributed by atoms with Gasteiger partial charge in [0.2, 0.25) is 29.1 Å². The van der Waals surface area contributed by atoms with E-state index in [-0.39, 0.29) is 0 Å². The number of halogens is 5. The van der Waals surface area contributed by atoms with Crippen molar-refractivity contribution in [3.05, 3.63) is 29.1 Å². The first-order valence-electron chi connectivity index (χ1n) is 5.42. The second-order valence-corrected chi connectivity index (χ2v) is 3.65. The summed E-state index contributed by atoms with van der Waals surface area (Å²) in [7, 11) is 0. The third-order valence-corrected chi connectivity index (χ3v) is 2.31. The fraction of sp³-hybridized carbons (Fsp3) is 0.455. The Morgan fingerprint density at radius 3 is 1.89 bits per heavy atom. The summed E-state index contributed by atoms with van der Waals surface area (Å²) in [4.78, 5) is 0. The Kier molecular flexibility index (Phi) is 5.49. The predicted octanol–water partition coefficient (Wildman–Crippen LogP) is 1.73. The van der Waals surface area contributed by atoms with Gasteiger partial charge < -0.3 is 15.2 Å². The fourth-order valence-corrected chi connectivity index (χ4v) is 1.36. The first kappa shape index (κ1) is 15.6. The molecular formula is C11H12F5NO2. The van der Waals surface area contributed by atoms with Crippen LogP contribution in [0.5, 0.6) is 5.75 Å². The molecule has 0 aliphatic carbocycles. The number of aliphatic hydroxyl groups is 1. The molecule has 0 aliphatic heterocycles. The summed E-state index contributed by atoms with van der Waals surface area (Å²) in [6, 6.07) is -0.681. The molecule has 2 N–H and O–H groups in total. The number of aliphatic hydroxyl groups excluding tert-OH is 1. The van der Waals surface area contributed by atoms with Crippen molar-refractivity contribution < 1.29 is 31.8 Å². The number of hydrogen-bond donors (Lipinski definition) is 2. The summed E-state index contributed by atoms with van der Waals surface area (Å²) in [5, 5.41) is 11.6. The highest BCUT2D eigenvalue weighted by Gasteiger charge is 2.27. The van der Waals surface area contributed by atoms with E-state index in [0.29, 0.717) is 6.54 Å². The van der Waals surface area contributed by atoms with Crippen LogP contribution >= 0.6 is 0 Å². The zero-order chi connectivity index (χ0) is 14.6. The number of nitrogens with one attached hydrogen (secondary N) is 1. The largest absolute Gasteiger partial charge is 0.486 e. The van der Waals surface area contributed by atoms with Gasteiger partial charge in [-0.05, 0) is 6.54 Å². The Balaban J connectivity index is 2.95. The molecule has 1 rings (SSSR count). The number of rotatable bonds is 6. The minimum Gasteiger partial charge on any atom is -0.486 e. The van der Waals surface area contributed by atoms with Gasteiger partial charge in [0.15, 0.2) is 5.75 Å². The van der Waals surface area contributed by atoms with Crippen LogP contribution in [0.25, 0.3) is 0 Å². The summed E-state index contributed by atoms with van der Waals surface area (Å²) in [5.41, 5.74) is 0. The van der Waals surface area contributed by atoms with E-state index in [9.17, 15) is 22.0 Å². The van der Waals surface area contributed by atoms with Crippen LogP contribution in [0.15, 0.2) is 0 Å². The average Bonchev–Trinajstić information content (AvgIpc) is 2.41. The van der Waals surface area contributed by atoms with E-state index in [1.54, 1.807) is 6.92 Å². The zero-order valence-corrected chi connectivity index (χ0v) is 9.94. The molecule has 19 heavy (non-hydrogen) atoms. The van der Waals surface area contributed by atoms with E-state index in [0.717, 1.165) is 0 Å². The fourth-order valence-electron chi connectivity index (χ4n) is 1.36. The van der Waals surface area contributed by atoms with Crippen LogP contribution in [-0.2, 0) is 0 Å². The van der Waals surface area contributed by atoms with Gasteiger partial charge in [0.05, 0.1) is 12.6 Å². The molecule has 108 valence electrons. The second-order valence-electron chi connectivity index (χ2n) is 3.65. The van der Waals surface area contributed by atoms with Crippen molar-refractivity contribution in [2.24, 2.45) is 0 Å². The maximum absolute atomic E-state index is 13.2. The normalized spacial score (nSPS) is 12.6. The van der Waals surface area contributed by atoms with Crippen molar-refractivity contribution in [3.8, 4) is 5.75 Å². The Morgan fingerprint density at radius 1 is 1.00 bits per heavy atom. The molecule has 0 spiro atoms. The highest BCUT2D eigenvalue weighted by molar-refractivity contribution is 5.29. The van der Waals surface area contributed by atoms with Gasteiger partial charge in [-0.1, -0.05) is 6.92 Å². The predicted molar refractivity (Wildman–Crippen MR) is 56.3 cm³/mol. The molecule has 8 heteroatoms. The standard InChI is InChI=1S/C11H12F5NO2/c1-2-17-5(3-18)4-19-11-9(15)7(13)6(12)8(14)10(11)16/h5,17-18H,2-4H2,1H3.